The summed E-state index contributed by atoms with van der Waals surface area (Å²) in [6.07, 6.45) is 2.13. The van der Waals surface area contributed by atoms with E-state index in [1.807, 2.05) is 0 Å². The number of rotatable bonds is 4. The Bertz CT molecular complexity index is 423. The monoisotopic (exact) mass is 239 g/mol. The molecule has 1 aromatic rings. The zero-order valence-corrected chi connectivity index (χ0v) is 9.14. The summed E-state index contributed by atoms with van der Waals surface area (Å²) in [5.74, 6) is -0.879. The highest BCUT2D eigenvalue weighted by Crippen LogP contribution is 2.15. The molecule has 0 aliphatic carbocycles. The van der Waals surface area contributed by atoms with Gasteiger partial charge in [-0.1, -0.05) is 0 Å². The topological polar surface area (TPSA) is 97.4 Å². The number of nitrogens with zero attached hydrogens (tertiary/aromatic N) is 1. The van der Waals surface area contributed by atoms with Gasteiger partial charge in [0, 0.05) is 12.6 Å². The molecule has 2 rings (SSSR count). The first-order valence-electron chi connectivity index (χ1n) is 5.42. The van der Waals surface area contributed by atoms with Crippen LogP contribution < -0.4 is 10.6 Å². The van der Waals surface area contributed by atoms with E-state index in [0.29, 0.717) is 6.54 Å². The summed E-state index contributed by atoms with van der Waals surface area (Å²) in [4.78, 5) is 21.3. The Hall–Kier alpha value is -1.89. The first kappa shape index (κ1) is 11.6. The van der Waals surface area contributed by atoms with Crippen molar-refractivity contribution in [1.29, 1.82) is 0 Å². The fraction of sp³-hybridized carbons (Fsp3) is 0.500. The minimum absolute atomic E-state index is 0.0327. The number of amides is 1. The van der Waals surface area contributed by atoms with Gasteiger partial charge in [-0.25, -0.2) is 0 Å². The standard InChI is InChI=1S/C10H13N3O4/c14-10(12-6-7-2-1-5-11-7)8-3-4-9(17-8)13(15)16/h3-4,7,11H,1-2,5-6H2,(H,12,14). The number of carbonyl (C=O) groups excluding carboxylic acids is 1. The van der Waals surface area contributed by atoms with E-state index >= 15 is 0 Å². The summed E-state index contributed by atoms with van der Waals surface area (Å²) in [6.45, 7) is 1.47. The Morgan fingerprint density at radius 3 is 3.06 bits per heavy atom. The molecular formula is C10H13N3O4. The van der Waals surface area contributed by atoms with Crippen LogP contribution in [-0.2, 0) is 0 Å². The zero-order valence-electron chi connectivity index (χ0n) is 9.14. The Balaban J connectivity index is 1.87. The molecule has 1 aliphatic rings. The largest absolute Gasteiger partial charge is 0.433 e. The Morgan fingerprint density at radius 2 is 2.47 bits per heavy atom. The summed E-state index contributed by atoms with van der Waals surface area (Å²) in [7, 11) is 0. The van der Waals surface area contributed by atoms with E-state index in [-0.39, 0.29) is 11.8 Å². The van der Waals surface area contributed by atoms with Crippen LogP contribution in [0.2, 0.25) is 0 Å². The van der Waals surface area contributed by atoms with E-state index in [2.05, 4.69) is 10.6 Å². The summed E-state index contributed by atoms with van der Waals surface area (Å²) in [5.41, 5.74) is 0. The number of nitro groups is 1. The first-order chi connectivity index (χ1) is 8.16. The third kappa shape index (κ3) is 2.82. The average Bonchev–Trinajstić information content (AvgIpc) is 2.96. The molecule has 1 fully saturated rings. The SMILES string of the molecule is O=C(NCC1CCCN1)c1ccc([N+](=O)[O-])o1. The fourth-order valence-electron chi connectivity index (χ4n) is 1.78. The van der Waals surface area contributed by atoms with E-state index < -0.39 is 16.7 Å². The molecule has 0 radical (unpaired) electrons. The molecule has 1 unspecified atom stereocenters. The molecule has 92 valence electrons. The van der Waals surface area contributed by atoms with Crippen molar-refractivity contribution in [2.24, 2.45) is 0 Å². The van der Waals surface area contributed by atoms with Gasteiger partial charge in [0.1, 0.15) is 4.92 Å². The van der Waals surface area contributed by atoms with Gasteiger partial charge in [0.05, 0.1) is 6.07 Å². The minimum Gasteiger partial charge on any atom is -0.395 e. The number of carbonyl (C=O) groups is 1. The second-order valence-corrected chi connectivity index (χ2v) is 3.90. The van der Waals surface area contributed by atoms with Gasteiger partial charge < -0.3 is 15.1 Å². The van der Waals surface area contributed by atoms with Crippen molar-refractivity contribution in [3.8, 4) is 0 Å². The van der Waals surface area contributed by atoms with Crippen molar-refractivity contribution in [1.82, 2.24) is 10.6 Å². The van der Waals surface area contributed by atoms with Crippen molar-refractivity contribution in [2.75, 3.05) is 13.1 Å². The van der Waals surface area contributed by atoms with Gasteiger partial charge in [0.25, 0.3) is 5.91 Å². The van der Waals surface area contributed by atoms with Crippen LogP contribution in [0.3, 0.4) is 0 Å². The Morgan fingerprint density at radius 1 is 1.65 bits per heavy atom. The van der Waals surface area contributed by atoms with E-state index in [0.717, 1.165) is 19.4 Å². The normalized spacial score (nSPS) is 19.2. The minimum atomic E-state index is -0.671. The van der Waals surface area contributed by atoms with Crippen LogP contribution in [0, 0.1) is 10.1 Å². The highest BCUT2D eigenvalue weighted by atomic mass is 16.6. The van der Waals surface area contributed by atoms with Crippen molar-refractivity contribution in [2.45, 2.75) is 18.9 Å². The molecule has 1 saturated heterocycles. The lowest BCUT2D eigenvalue weighted by Gasteiger charge is -2.09. The van der Waals surface area contributed by atoms with Crippen LogP contribution in [-0.4, -0.2) is 30.0 Å². The van der Waals surface area contributed by atoms with Gasteiger partial charge in [-0.05, 0) is 25.5 Å². The second kappa shape index (κ2) is 4.96. The maximum Gasteiger partial charge on any atom is 0.433 e. The predicted octanol–water partition coefficient (Wildman–Crippen LogP) is 0.670. The van der Waals surface area contributed by atoms with Crippen LogP contribution in [0.1, 0.15) is 23.4 Å². The van der Waals surface area contributed by atoms with E-state index in [1.165, 1.54) is 12.1 Å². The molecule has 1 atom stereocenters. The molecule has 1 aliphatic heterocycles. The zero-order chi connectivity index (χ0) is 12.3. The number of hydrogen-bond acceptors (Lipinski definition) is 5. The van der Waals surface area contributed by atoms with Crippen LogP contribution in [0.5, 0.6) is 0 Å². The lowest BCUT2D eigenvalue weighted by molar-refractivity contribution is -0.402. The smallest absolute Gasteiger partial charge is 0.395 e. The fourth-order valence-corrected chi connectivity index (χ4v) is 1.78. The molecule has 1 aromatic heterocycles. The van der Waals surface area contributed by atoms with Crippen molar-refractivity contribution < 1.29 is 14.1 Å². The molecule has 0 aromatic carbocycles. The predicted molar refractivity (Wildman–Crippen MR) is 58.7 cm³/mol. The van der Waals surface area contributed by atoms with Crippen LogP contribution in [0.15, 0.2) is 16.5 Å². The molecule has 0 spiro atoms. The molecule has 0 bridgehead atoms. The third-order valence-corrected chi connectivity index (χ3v) is 2.67. The summed E-state index contributed by atoms with van der Waals surface area (Å²) in [5, 5.41) is 16.3. The summed E-state index contributed by atoms with van der Waals surface area (Å²) >= 11 is 0. The Labute approximate surface area is 97.3 Å². The molecular weight excluding hydrogens is 226 g/mol. The molecule has 0 saturated carbocycles. The van der Waals surface area contributed by atoms with E-state index in [4.69, 9.17) is 4.42 Å². The number of hydrogen-bond donors (Lipinski definition) is 2. The molecule has 2 heterocycles. The van der Waals surface area contributed by atoms with Crippen molar-refractivity contribution >= 4 is 11.8 Å². The average molecular weight is 239 g/mol. The van der Waals surface area contributed by atoms with Gasteiger partial charge in [0.15, 0.2) is 5.76 Å². The van der Waals surface area contributed by atoms with Crippen LogP contribution in [0.25, 0.3) is 0 Å². The van der Waals surface area contributed by atoms with Gasteiger partial charge in [-0.3, -0.25) is 14.9 Å². The second-order valence-electron chi connectivity index (χ2n) is 3.90. The lowest BCUT2D eigenvalue weighted by atomic mass is 10.2. The maximum absolute atomic E-state index is 11.6. The molecule has 1 amide bonds. The maximum atomic E-state index is 11.6. The van der Waals surface area contributed by atoms with Crippen LogP contribution in [0.4, 0.5) is 5.88 Å². The van der Waals surface area contributed by atoms with Gasteiger partial charge in [-0.15, -0.1) is 0 Å². The molecule has 2 N–H and O–H groups in total. The first-order valence-corrected chi connectivity index (χ1v) is 5.42. The van der Waals surface area contributed by atoms with Crippen molar-refractivity contribution in [3.05, 3.63) is 28.0 Å². The molecule has 17 heavy (non-hydrogen) atoms. The van der Waals surface area contributed by atoms with Gasteiger partial charge >= 0.3 is 5.88 Å². The highest BCUT2D eigenvalue weighted by Gasteiger charge is 2.19. The summed E-state index contributed by atoms with van der Waals surface area (Å²) in [6, 6.07) is 2.75. The highest BCUT2D eigenvalue weighted by molar-refractivity contribution is 5.91. The van der Waals surface area contributed by atoms with Gasteiger partial charge in [0.2, 0.25) is 0 Å². The number of furan rings is 1. The van der Waals surface area contributed by atoms with Gasteiger partial charge in [-0.2, -0.15) is 0 Å². The van der Waals surface area contributed by atoms with E-state index in [9.17, 15) is 14.9 Å². The third-order valence-electron chi connectivity index (χ3n) is 2.67. The lowest BCUT2D eigenvalue weighted by Crippen LogP contribution is -2.37. The molecule has 7 nitrogen and oxygen atoms in total. The van der Waals surface area contributed by atoms with Crippen molar-refractivity contribution in [3.63, 3.8) is 0 Å². The molecule has 7 heteroatoms. The summed E-state index contributed by atoms with van der Waals surface area (Å²) < 4.78 is 4.79. The Kier molecular flexibility index (Phi) is 3.38. The number of nitrogens with one attached hydrogen (secondary N) is 2. The van der Waals surface area contributed by atoms with E-state index in [1.54, 1.807) is 0 Å². The van der Waals surface area contributed by atoms with Crippen LogP contribution >= 0.6 is 0 Å². The quantitative estimate of drug-likeness (QED) is 0.594.